The number of ether oxygens (including phenoxy) is 1. The van der Waals surface area contributed by atoms with Gasteiger partial charge in [-0.3, -0.25) is 0 Å². The predicted molar refractivity (Wildman–Crippen MR) is 41.8 cm³/mol. The summed E-state index contributed by atoms with van der Waals surface area (Å²) in [5, 5.41) is 26.9. The number of alkyl halides is 1. The number of aliphatic hydroxyl groups is 3. The van der Waals surface area contributed by atoms with E-state index in [1.54, 1.807) is 0 Å². The van der Waals surface area contributed by atoms with E-state index in [0.29, 0.717) is 4.43 Å². The number of halogens is 1. The van der Waals surface area contributed by atoms with Gasteiger partial charge in [-0.2, -0.15) is 0 Å². The Morgan fingerprint density at radius 1 is 1.20 bits per heavy atom. The fourth-order valence-corrected chi connectivity index (χ4v) is 1.58. The van der Waals surface area contributed by atoms with Crippen LogP contribution in [0.4, 0.5) is 0 Å². The Kier molecular flexibility index (Phi) is 2.87. The van der Waals surface area contributed by atoms with Crippen LogP contribution in [0.15, 0.2) is 0 Å². The molecule has 10 heavy (non-hydrogen) atoms. The molecule has 0 bridgehead atoms. The van der Waals surface area contributed by atoms with Crippen LogP contribution in [0.1, 0.15) is 0 Å². The molecule has 1 saturated heterocycles. The number of rotatable bonds is 1. The van der Waals surface area contributed by atoms with Crippen molar-refractivity contribution in [2.24, 2.45) is 0 Å². The summed E-state index contributed by atoms with van der Waals surface area (Å²) in [7, 11) is 0. The molecule has 4 atom stereocenters. The van der Waals surface area contributed by atoms with E-state index in [1.807, 2.05) is 22.6 Å². The first kappa shape index (κ1) is 8.66. The highest BCUT2D eigenvalue weighted by molar-refractivity contribution is 14.1. The Morgan fingerprint density at radius 3 is 2.00 bits per heavy atom. The molecule has 5 heteroatoms. The summed E-state index contributed by atoms with van der Waals surface area (Å²) in [6.07, 6.45) is -3.77. The smallest absolute Gasteiger partial charge is 0.183 e. The normalized spacial score (nSPS) is 48.0. The second-order valence-corrected chi connectivity index (χ2v) is 3.08. The van der Waals surface area contributed by atoms with Gasteiger partial charge in [-0.25, -0.2) is 0 Å². The second-order valence-electron chi connectivity index (χ2n) is 2.20. The summed E-state index contributed by atoms with van der Waals surface area (Å²) >= 11 is 2.02. The van der Waals surface area contributed by atoms with Crippen LogP contribution in [0, 0.1) is 0 Å². The largest absolute Gasteiger partial charge is 0.387 e. The highest BCUT2D eigenvalue weighted by Gasteiger charge is 2.40. The monoisotopic (exact) mass is 260 g/mol. The van der Waals surface area contributed by atoms with Crippen molar-refractivity contribution in [2.45, 2.75) is 24.6 Å². The number of hydrogen-bond acceptors (Lipinski definition) is 4. The summed E-state index contributed by atoms with van der Waals surface area (Å²) in [6.45, 7) is 0. The lowest BCUT2D eigenvalue weighted by Crippen LogP contribution is -2.32. The van der Waals surface area contributed by atoms with E-state index in [1.165, 1.54) is 0 Å². The molecule has 0 spiro atoms. The summed E-state index contributed by atoms with van der Waals surface area (Å²) in [5.41, 5.74) is 0. The minimum absolute atomic E-state index is 0.439. The van der Waals surface area contributed by atoms with E-state index in [9.17, 15) is 0 Å². The van der Waals surface area contributed by atoms with Gasteiger partial charge in [-0.1, -0.05) is 22.6 Å². The maximum absolute atomic E-state index is 9.09. The first-order valence-corrected chi connectivity index (χ1v) is 4.45. The zero-order valence-corrected chi connectivity index (χ0v) is 7.30. The van der Waals surface area contributed by atoms with Crippen LogP contribution >= 0.6 is 22.6 Å². The van der Waals surface area contributed by atoms with E-state index in [-0.39, 0.29) is 0 Å². The minimum Gasteiger partial charge on any atom is -0.387 e. The molecule has 0 unspecified atom stereocenters. The molecule has 3 N–H and O–H groups in total. The standard InChI is InChI=1S/C5H9IO4/c6-1-2-3(7)4(8)5(9)10-2/h2-5,7-9H,1H2/t2-,3+,4-,5-/m1/s1. The molecule has 1 rings (SSSR count). The third-order valence-corrected chi connectivity index (χ3v) is 2.36. The van der Waals surface area contributed by atoms with Gasteiger partial charge < -0.3 is 20.1 Å². The first-order chi connectivity index (χ1) is 4.66. The van der Waals surface area contributed by atoms with Crippen molar-refractivity contribution in [1.82, 2.24) is 0 Å². The van der Waals surface area contributed by atoms with Crippen molar-refractivity contribution < 1.29 is 20.1 Å². The Bertz CT molecular complexity index is 120. The molecule has 60 valence electrons. The van der Waals surface area contributed by atoms with E-state index in [4.69, 9.17) is 20.1 Å². The van der Waals surface area contributed by atoms with Gasteiger partial charge in [0.2, 0.25) is 0 Å². The Labute approximate surface area is 72.0 Å². The molecular formula is C5H9IO4. The molecule has 0 amide bonds. The molecule has 0 aliphatic carbocycles. The third kappa shape index (κ3) is 1.42. The van der Waals surface area contributed by atoms with Gasteiger partial charge >= 0.3 is 0 Å². The van der Waals surface area contributed by atoms with Crippen LogP contribution in [-0.4, -0.2) is 44.3 Å². The number of aliphatic hydroxyl groups excluding tert-OH is 3. The average Bonchev–Trinajstić information content (AvgIpc) is 2.17. The lowest BCUT2D eigenvalue weighted by Gasteiger charge is -2.09. The van der Waals surface area contributed by atoms with Crippen molar-refractivity contribution in [1.29, 1.82) is 0 Å². The third-order valence-electron chi connectivity index (χ3n) is 1.49. The topological polar surface area (TPSA) is 69.9 Å². The molecule has 1 aliphatic heterocycles. The summed E-state index contributed by atoms with van der Waals surface area (Å²) < 4.78 is 5.35. The number of hydrogen-bond donors (Lipinski definition) is 3. The highest BCUT2D eigenvalue weighted by atomic mass is 127. The minimum atomic E-state index is -1.23. The van der Waals surface area contributed by atoms with Gasteiger partial charge in [-0.15, -0.1) is 0 Å². The van der Waals surface area contributed by atoms with Gasteiger partial charge in [0.1, 0.15) is 12.2 Å². The van der Waals surface area contributed by atoms with Gasteiger partial charge in [0.05, 0.1) is 6.10 Å². The molecule has 0 aromatic heterocycles. The molecule has 1 aliphatic rings. The SMILES string of the molecule is O[C@@H]1[C@@H](O)[C@@H](CI)O[C@H]1O. The molecule has 0 radical (unpaired) electrons. The van der Waals surface area contributed by atoms with Gasteiger partial charge in [0, 0.05) is 4.43 Å². The lowest BCUT2D eigenvalue weighted by atomic mass is 10.2. The quantitative estimate of drug-likeness (QED) is 0.412. The molecular weight excluding hydrogens is 251 g/mol. The Morgan fingerprint density at radius 2 is 1.80 bits per heavy atom. The zero-order valence-electron chi connectivity index (χ0n) is 5.14. The van der Waals surface area contributed by atoms with Crippen molar-refractivity contribution in [3.05, 3.63) is 0 Å². The van der Waals surface area contributed by atoms with Crippen LogP contribution in [0.25, 0.3) is 0 Å². The maximum atomic E-state index is 9.09. The fourth-order valence-electron chi connectivity index (χ4n) is 0.856. The van der Waals surface area contributed by atoms with Gasteiger partial charge in [-0.05, 0) is 0 Å². The zero-order chi connectivity index (χ0) is 7.72. The van der Waals surface area contributed by atoms with E-state index in [0.717, 1.165) is 0 Å². The highest BCUT2D eigenvalue weighted by Crippen LogP contribution is 2.20. The Balaban J connectivity index is 2.53. The van der Waals surface area contributed by atoms with E-state index in [2.05, 4.69) is 0 Å². The summed E-state index contributed by atoms with van der Waals surface area (Å²) in [5.74, 6) is 0. The van der Waals surface area contributed by atoms with Crippen molar-refractivity contribution in [2.75, 3.05) is 4.43 Å². The van der Waals surface area contributed by atoms with E-state index < -0.39 is 24.6 Å². The van der Waals surface area contributed by atoms with E-state index >= 15 is 0 Å². The maximum Gasteiger partial charge on any atom is 0.183 e. The predicted octanol–water partition coefficient (Wildman–Crippen LogP) is -1.14. The van der Waals surface area contributed by atoms with Crippen molar-refractivity contribution in [3.63, 3.8) is 0 Å². The Hall–Kier alpha value is 0.570. The fraction of sp³-hybridized carbons (Fsp3) is 1.00. The van der Waals surface area contributed by atoms with Crippen LogP contribution in [-0.2, 0) is 4.74 Å². The van der Waals surface area contributed by atoms with Crippen molar-refractivity contribution >= 4 is 22.6 Å². The second kappa shape index (κ2) is 3.31. The van der Waals surface area contributed by atoms with Crippen LogP contribution in [0.5, 0.6) is 0 Å². The van der Waals surface area contributed by atoms with Crippen LogP contribution in [0.3, 0.4) is 0 Å². The van der Waals surface area contributed by atoms with Crippen LogP contribution in [0.2, 0.25) is 0 Å². The molecule has 0 aromatic carbocycles. The van der Waals surface area contributed by atoms with Crippen LogP contribution < -0.4 is 0 Å². The summed E-state index contributed by atoms with van der Waals surface area (Å²) in [4.78, 5) is 0. The molecule has 4 nitrogen and oxygen atoms in total. The average molecular weight is 260 g/mol. The van der Waals surface area contributed by atoms with Gasteiger partial charge in [0.15, 0.2) is 6.29 Å². The first-order valence-electron chi connectivity index (χ1n) is 2.92. The molecule has 0 saturated carbocycles. The molecule has 1 heterocycles. The molecule has 1 fully saturated rings. The lowest BCUT2D eigenvalue weighted by molar-refractivity contribution is -0.123. The van der Waals surface area contributed by atoms with Gasteiger partial charge in [0.25, 0.3) is 0 Å². The van der Waals surface area contributed by atoms with Crippen molar-refractivity contribution in [3.8, 4) is 0 Å². The summed E-state index contributed by atoms with van der Waals surface area (Å²) in [6, 6.07) is 0. The molecule has 0 aromatic rings.